The second kappa shape index (κ2) is 5.71. The number of aromatic hydroxyl groups is 1. The Morgan fingerprint density at radius 3 is 2.12 bits per heavy atom. The molecule has 4 rings (SSSR count). The smallest absolute Gasteiger partial charge is 0.194 e. The van der Waals surface area contributed by atoms with Crippen LogP contribution in [0.3, 0.4) is 0 Å². The summed E-state index contributed by atoms with van der Waals surface area (Å²) in [6.07, 6.45) is 0.594. The highest BCUT2D eigenvalue weighted by Gasteiger charge is 2.29. The largest absolute Gasteiger partial charge is 0.508 e. The molecule has 0 heterocycles. The van der Waals surface area contributed by atoms with Crippen LogP contribution in [-0.4, -0.2) is 16.7 Å². The van der Waals surface area contributed by atoms with Crippen molar-refractivity contribution in [1.82, 2.24) is 0 Å². The highest BCUT2D eigenvalue weighted by atomic mass is 16.3. The lowest BCUT2D eigenvalue weighted by Gasteiger charge is -2.18. The summed E-state index contributed by atoms with van der Waals surface area (Å²) in [6.45, 7) is 1.98. The summed E-state index contributed by atoms with van der Waals surface area (Å²) in [4.78, 5) is 25.4. The number of fused-ring (bicyclic) bond motifs is 2. The molecule has 0 aromatic heterocycles. The molecule has 3 aromatic rings. The summed E-state index contributed by atoms with van der Waals surface area (Å²) in [6, 6.07) is 17.6. The molecule has 3 aromatic carbocycles. The van der Waals surface area contributed by atoms with Crippen LogP contribution in [0.2, 0.25) is 0 Å². The lowest BCUT2D eigenvalue weighted by atomic mass is 9.83. The molecule has 0 aliphatic heterocycles. The Morgan fingerprint density at radius 2 is 1.40 bits per heavy atom. The number of carbonyl (C=O) groups excluding carboxylic acids is 2. The third-order valence-corrected chi connectivity index (χ3v) is 4.72. The van der Waals surface area contributed by atoms with E-state index in [-0.39, 0.29) is 17.3 Å². The first-order chi connectivity index (χ1) is 12.0. The molecular weight excluding hydrogens is 312 g/mol. The van der Waals surface area contributed by atoms with Gasteiger partial charge < -0.3 is 5.11 Å². The molecule has 1 aliphatic rings. The molecule has 3 nitrogen and oxygen atoms in total. The lowest BCUT2D eigenvalue weighted by molar-refractivity contribution is 0.0979. The lowest BCUT2D eigenvalue weighted by Crippen LogP contribution is -2.21. The SMILES string of the molecule is Cc1ccc(O)cc1Cc1ccc2c(c1)C(=O)c1ccccc1C2=O. The second-order valence-electron chi connectivity index (χ2n) is 6.37. The monoisotopic (exact) mass is 328 g/mol. The minimum absolute atomic E-state index is 0.106. The second-order valence-corrected chi connectivity index (χ2v) is 6.37. The minimum Gasteiger partial charge on any atom is -0.508 e. The molecule has 1 aliphatic carbocycles. The van der Waals surface area contributed by atoms with E-state index in [4.69, 9.17) is 0 Å². The van der Waals surface area contributed by atoms with E-state index >= 15 is 0 Å². The van der Waals surface area contributed by atoms with Crippen molar-refractivity contribution >= 4 is 11.6 Å². The number of phenols is 1. The summed E-state index contributed by atoms with van der Waals surface area (Å²) >= 11 is 0. The number of carbonyl (C=O) groups is 2. The molecule has 1 N–H and O–H groups in total. The predicted octanol–water partition coefficient (Wildman–Crippen LogP) is 4.07. The number of benzene rings is 3. The molecule has 0 radical (unpaired) electrons. The molecule has 0 atom stereocenters. The highest BCUT2D eigenvalue weighted by molar-refractivity contribution is 6.28. The molecule has 3 heteroatoms. The molecule has 0 fully saturated rings. The van der Waals surface area contributed by atoms with Crippen molar-refractivity contribution in [2.24, 2.45) is 0 Å². The average molecular weight is 328 g/mol. The molecule has 0 saturated carbocycles. The Morgan fingerprint density at radius 1 is 0.760 bits per heavy atom. The van der Waals surface area contributed by atoms with Gasteiger partial charge in [0.15, 0.2) is 11.6 Å². The van der Waals surface area contributed by atoms with Crippen LogP contribution in [0.25, 0.3) is 0 Å². The Labute approximate surface area is 145 Å². The summed E-state index contributed by atoms with van der Waals surface area (Å²) in [5.41, 5.74) is 4.85. The molecule has 25 heavy (non-hydrogen) atoms. The van der Waals surface area contributed by atoms with Gasteiger partial charge in [-0.25, -0.2) is 0 Å². The Kier molecular flexibility index (Phi) is 3.50. The van der Waals surface area contributed by atoms with Gasteiger partial charge >= 0.3 is 0 Å². The van der Waals surface area contributed by atoms with E-state index in [1.165, 1.54) is 0 Å². The molecule has 0 unspecified atom stereocenters. The van der Waals surface area contributed by atoms with Gasteiger partial charge in [-0.1, -0.05) is 42.5 Å². The first kappa shape index (κ1) is 15.3. The fraction of sp³-hybridized carbons (Fsp3) is 0.0909. The predicted molar refractivity (Wildman–Crippen MR) is 95.4 cm³/mol. The van der Waals surface area contributed by atoms with E-state index in [0.717, 1.165) is 16.7 Å². The Hall–Kier alpha value is -3.20. The van der Waals surface area contributed by atoms with E-state index in [0.29, 0.717) is 28.7 Å². The third kappa shape index (κ3) is 2.54. The average Bonchev–Trinajstić information content (AvgIpc) is 2.63. The molecule has 122 valence electrons. The standard InChI is InChI=1S/C22H16O3/c1-13-6-8-16(23)12-15(13)10-14-7-9-19-20(11-14)22(25)18-5-3-2-4-17(18)21(19)24/h2-9,11-12,23H,10H2,1H3. The summed E-state index contributed by atoms with van der Waals surface area (Å²) in [7, 11) is 0. The van der Waals surface area contributed by atoms with Crippen LogP contribution in [0.5, 0.6) is 5.75 Å². The number of phenolic OH excluding ortho intramolecular Hbond substituents is 1. The minimum atomic E-state index is -0.111. The number of hydrogen-bond donors (Lipinski definition) is 1. The van der Waals surface area contributed by atoms with Gasteiger partial charge in [0.2, 0.25) is 0 Å². The van der Waals surface area contributed by atoms with Crippen LogP contribution in [0.1, 0.15) is 48.5 Å². The molecular formula is C22H16O3. The van der Waals surface area contributed by atoms with Crippen LogP contribution in [0.15, 0.2) is 60.7 Å². The van der Waals surface area contributed by atoms with Crippen molar-refractivity contribution in [3.8, 4) is 5.75 Å². The fourth-order valence-electron chi connectivity index (χ4n) is 3.32. The van der Waals surface area contributed by atoms with Gasteiger partial charge in [0, 0.05) is 22.3 Å². The fourth-order valence-corrected chi connectivity index (χ4v) is 3.32. The van der Waals surface area contributed by atoms with Crippen molar-refractivity contribution in [2.75, 3.05) is 0 Å². The summed E-state index contributed by atoms with van der Waals surface area (Å²) in [5, 5.41) is 9.69. The van der Waals surface area contributed by atoms with E-state index in [9.17, 15) is 14.7 Å². The third-order valence-electron chi connectivity index (χ3n) is 4.72. The topological polar surface area (TPSA) is 54.4 Å². The zero-order valence-electron chi connectivity index (χ0n) is 13.7. The van der Waals surface area contributed by atoms with E-state index in [1.807, 2.05) is 19.1 Å². The van der Waals surface area contributed by atoms with E-state index < -0.39 is 0 Å². The normalized spacial score (nSPS) is 12.7. The van der Waals surface area contributed by atoms with Crippen molar-refractivity contribution in [3.63, 3.8) is 0 Å². The van der Waals surface area contributed by atoms with Crippen LogP contribution in [0.4, 0.5) is 0 Å². The van der Waals surface area contributed by atoms with Crippen LogP contribution in [0, 0.1) is 6.92 Å². The van der Waals surface area contributed by atoms with Gasteiger partial charge in [-0.15, -0.1) is 0 Å². The van der Waals surface area contributed by atoms with Gasteiger partial charge in [0.1, 0.15) is 5.75 Å². The molecule has 0 spiro atoms. The van der Waals surface area contributed by atoms with Gasteiger partial charge in [-0.05, 0) is 48.2 Å². The van der Waals surface area contributed by atoms with E-state index in [2.05, 4.69) is 0 Å². The first-order valence-corrected chi connectivity index (χ1v) is 8.14. The van der Waals surface area contributed by atoms with Crippen molar-refractivity contribution in [2.45, 2.75) is 13.3 Å². The maximum Gasteiger partial charge on any atom is 0.194 e. The Balaban J connectivity index is 1.77. The van der Waals surface area contributed by atoms with Crippen LogP contribution in [-0.2, 0) is 6.42 Å². The molecule has 0 saturated heterocycles. The number of ketones is 2. The van der Waals surface area contributed by atoms with Gasteiger partial charge in [-0.2, -0.15) is 0 Å². The maximum absolute atomic E-state index is 12.8. The van der Waals surface area contributed by atoms with E-state index in [1.54, 1.807) is 48.5 Å². The number of rotatable bonds is 2. The maximum atomic E-state index is 12.8. The zero-order chi connectivity index (χ0) is 17.6. The first-order valence-electron chi connectivity index (χ1n) is 8.14. The zero-order valence-corrected chi connectivity index (χ0v) is 13.7. The molecule has 0 bridgehead atoms. The summed E-state index contributed by atoms with van der Waals surface area (Å²) in [5.74, 6) is 0.00343. The van der Waals surface area contributed by atoms with Gasteiger partial charge in [0.25, 0.3) is 0 Å². The van der Waals surface area contributed by atoms with Gasteiger partial charge in [-0.3, -0.25) is 9.59 Å². The summed E-state index contributed by atoms with van der Waals surface area (Å²) < 4.78 is 0. The Bertz CT molecular complexity index is 1030. The quantitative estimate of drug-likeness (QED) is 0.603. The van der Waals surface area contributed by atoms with Crippen molar-refractivity contribution in [3.05, 3.63) is 99.6 Å². The number of hydrogen-bond acceptors (Lipinski definition) is 3. The van der Waals surface area contributed by atoms with Gasteiger partial charge in [0.05, 0.1) is 0 Å². The van der Waals surface area contributed by atoms with Crippen molar-refractivity contribution in [1.29, 1.82) is 0 Å². The van der Waals surface area contributed by atoms with Crippen LogP contribution < -0.4 is 0 Å². The number of aryl methyl sites for hydroxylation is 1. The van der Waals surface area contributed by atoms with Crippen molar-refractivity contribution < 1.29 is 14.7 Å². The molecule has 0 amide bonds. The highest BCUT2D eigenvalue weighted by Crippen LogP contribution is 2.29. The van der Waals surface area contributed by atoms with Crippen LogP contribution >= 0.6 is 0 Å².